The normalized spacial score (nSPS) is 16.6. The number of carbonyl (C=O) groups is 2. The number of likely N-dealkylation sites (tertiary alicyclic amines) is 1. The highest BCUT2D eigenvalue weighted by Crippen LogP contribution is 2.23. The van der Waals surface area contributed by atoms with E-state index in [2.05, 4.69) is 15.3 Å². The van der Waals surface area contributed by atoms with Crippen LogP contribution in [0.2, 0.25) is 0 Å². The fourth-order valence-corrected chi connectivity index (χ4v) is 3.56. The first-order chi connectivity index (χ1) is 14.3. The number of nitrogens with zero attached hydrogens (tertiary/aromatic N) is 4. The third-order valence-corrected chi connectivity index (χ3v) is 4.89. The molecule has 2 aromatic heterocycles. The molecule has 4 rings (SSSR count). The third kappa shape index (κ3) is 4.12. The molecule has 2 amide bonds. The second-order valence-electron chi connectivity index (χ2n) is 8.32. The largest absolute Gasteiger partial charge is 0.458 e. The highest BCUT2D eigenvalue weighted by atomic mass is 16.6. The number of benzene rings is 1. The molecule has 0 spiro atoms. The number of hydrogen-bond acceptors (Lipinski definition) is 5. The number of fused-ring (bicyclic) bond motifs is 1. The van der Waals surface area contributed by atoms with Crippen LogP contribution in [-0.4, -0.2) is 49.6 Å². The summed E-state index contributed by atoms with van der Waals surface area (Å²) in [6, 6.07) is 10.5. The SMILES string of the molecule is CC(C)(C)OC(=O)C1CCCN1C(=O)Nc1ccc(-n2cnc3ccccc32)nc1. The molecule has 1 fully saturated rings. The van der Waals surface area contributed by atoms with E-state index in [1.54, 1.807) is 18.6 Å². The van der Waals surface area contributed by atoms with Gasteiger partial charge in [0.25, 0.3) is 0 Å². The zero-order valence-corrected chi connectivity index (χ0v) is 17.3. The van der Waals surface area contributed by atoms with Crippen molar-refractivity contribution in [3.05, 3.63) is 48.9 Å². The van der Waals surface area contributed by atoms with Gasteiger partial charge in [-0.05, 0) is 57.9 Å². The molecule has 1 saturated heterocycles. The summed E-state index contributed by atoms with van der Waals surface area (Å²) in [7, 11) is 0. The monoisotopic (exact) mass is 407 g/mol. The van der Waals surface area contributed by atoms with Crippen molar-refractivity contribution in [2.45, 2.75) is 45.3 Å². The number of amides is 2. The van der Waals surface area contributed by atoms with Crippen molar-refractivity contribution in [2.24, 2.45) is 0 Å². The number of esters is 1. The molecule has 1 aliphatic rings. The van der Waals surface area contributed by atoms with E-state index in [1.807, 2.05) is 55.7 Å². The lowest BCUT2D eigenvalue weighted by Crippen LogP contribution is -2.45. The predicted molar refractivity (Wildman–Crippen MR) is 113 cm³/mol. The quantitative estimate of drug-likeness (QED) is 0.668. The Hall–Kier alpha value is -3.42. The number of imidazole rings is 1. The fraction of sp³-hybridized carbons (Fsp3) is 0.364. The Labute approximate surface area is 174 Å². The topological polar surface area (TPSA) is 89.4 Å². The molecule has 3 aromatic rings. The molecule has 0 saturated carbocycles. The van der Waals surface area contributed by atoms with E-state index in [0.29, 0.717) is 24.5 Å². The number of urea groups is 1. The van der Waals surface area contributed by atoms with Crippen LogP contribution < -0.4 is 5.32 Å². The van der Waals surface area contributed by atoms with Crippen LogP contribution in [0.15, 0.2) is 48.9 Å². The molecule has 30 heavy (non-hydrogen) atoms. The van der Waals surface area contributed by atoms with Crippen molar-refractivity contribution in [3.63, 3.8) is 0 Å². The van der Waals surface area contributed by atoms with Gasteiger partial charge < -0.3 is 15.0 Å². The van der Waals surface area contributed by atoms with Crippen LogP contribution in [0, 0.1) is 0 Å². The van der Waals surface area contributed by atoms with Gasteiger partial charge in [-0.3, -0.25) is 4.57 Å². The predicted octanol–water partition coefficient (Wildman–Crippen LogP) is 3.76. The van der Waals surface area contributed by atoms with E-state index in [4.69, 9.17) is 4.74 Å². The van der Waals surface area contributed by atoms with Gasteiger partial charge in [0.1, 0.15) is 23.8 Å². The Balaban J connectivity index is 1.45. The molecular weight excluding hydrogens is 382 g/mol. The summed E-state index contributed by atoms with van der Waals surface area (Å²) < 4.78 is 7.35. The van der Waals surface area contributed by atoms with Crippen LogP contribution in [0.25, 0.3) is 16.9 Å². The van der Waals surface area contributed by atoms with Crippen molar-refractivity contribution in [3.8, 4) is 5.82 Å². The molecule has 1 aromatic carbocycles. The number of aromatic nitrogens is 3. The van der Waals surface area contributed by atoms with E-state index >= 15 is 0 Å². The molecule has 8 nitrogen and oxygen atoms in total. The van der Waals surface area contributed by atoms with Gasteiger partial charge in [-0.25, -0.2) is 19.6 Å². The summed E-state index contributed by atoms with van der Waals surface area (Å²) in [6.45, 7) is 5.98. The van der Waals surface area contributed by atoms with Crippen molar-refractivity contribution >= 4 is 28.7 Å². The van der Waals surface area contributed by atoms with Crippen molar-refractivity contribution in [2.75, 3.05) is 11.9 Å². The van der Waals surface area contributed by atoms with E-state index in [1.165, 1.54) is 4.90 Å². The molecule has 1 unspecified atom stereocenters. The number of anilines is 1. The molecule has 156 valence electrons. The first-order valence-electron chi connectivity index (χ1n) is 10.0. The Morgan fingerprint density at radius 1 is 1.13 bits per heavy atom. The first-order valence-corrected chi connectivity index (χ1v) is 10.0. The Bertz CT molecular complexity index is 1070. The van der Waals surface area contributed by atoms with E-state index in [9.17, 15) is 9.59 Å². The lowest BCUT2D eigenvalue weighted by molar-refractivity contribution is -0.159. The molecule has 0 bridgehead atoms. The minimum Gasteiger partial charge on any atom is -0.458 e. The van der Waals surface area contributed by atoms with Crippen molar-refractivity contribution in [1.82, 2.24) is 19.4 Å². The minimum absolute atomic E-state index is 0.328. The van der Waals surface area contributed by atoms with Gasteiger partial charge in [0.2, 0.25) is 0 Å². The molecule has 3 heterocycles. The molecule has 1 N–H and O–H groups in total. The number of ether oxygens (including phenoxy) is 1. The summed E-state index contributed by atoms with van der Waals surface area (Å²) in [6.07, 6.45) is 4.69. The van der Waals surface area contributed by atoms with E-state index in [0.717, 1.165) is 17.5 Å². The van der Waals surface area contributed by atoms with Crippen LogP contribution in [-0.2, 0) is 9.53 Å². The summed E-state index contributed by atoms with van der Waals surface area (Å²) >= 11 is 0. The number of para-hydroxylation sites is 2. The van der Waals surface area contributed by atoms with Crippen LogP contribution in [0.1, 0.15) is 33.6 Å². The average Bonchev–Trinajstić information content (AvgIpc) is 3.35. The Morgan fingerprint density at radius 3 is 2.67 bits per heavy atom. The van der Waals surface area contributed by atoms with Gasteiger partial charge in [0, 0.05) is 6.54 Å². The van der Waals surface area contributed by atoms with Gasteiger partial charge in [-0.15, -0.1) is 0 Å². The Morgan fingerprint density at radius 2 is 1.93 bits per heavy atom. The number of nitrogens with one attached hydrogen (secondary N) is 1. The Kier molecular flexibility index (Phi) is 5.15. The van der Waals surface area contributed by atoms with Crippen molar-refractivity contribution < 1.29 is 14.3 Å². The maximum absolute atomic E-state index is 12.7. The molecule has 1 aliphatic heterocycles. The smallest absolute Gasteiger partial charge is 0.329 e. The molecular formula is C22H25N5O3. The standard InChI is InChI=1S/C22H25N5O3/c1-22(2,3)30-20(28)18-9-6-12-26(18)21(29)25-15-10-11-19(23-13-15)27-14-24-16-7-4-5-8-17(16)27/h4-5,7-8,10-11,13-14,18H,6,9,12H2,1-3H3,(H,25,29). The number of pyridine rings is 1. The first kappa shape index (κ1) is 19.9. The van der Waals surface area contributed by atoms with Gasteiger partial charge in [0.15, 0.2) is 0 Å². The lowest BCUT2D eigenvalue weighted by Gasteiger charge is -2.27. The molecule has 8 heteroatoms. The highest BCUT2D eigenvalue weighted by Gasteiger charge is 2.37. The second-order valence-corrected chi connectivity index (χ2v) is 8.32. The number of carbonyl (C=O) groups excluding carboxylic acids is 2. The molecule has 0 aliphatic carbocycles. The van der Waals surface area contributed by atoms with Gasteiger partial charge in [0.05, 0.1) is 22.9 Å². The summed E-state index contributed by atoms with van der Waals surface area (Å²) in [5.74, 6) is 0.338. The minimum atomic E-state index is -0.584. The number of rotatable bonds is 3. The average molecular weight is 407 g/mol. The fourth-order valence-electron chi connectivity index (χ4n) is 3.56. The summed E-state index contributed by atoms with van der Waals surface area (Å²) in [4.78, 5) is 35.5. The molecule has 0 radical (unpaired) electrons. The maximum Gasteiger partial charge on any atom is 0.329 e. The highest BCUT2D eigenvalue weighted by molar-refractivity contribution is 5.93. The zero-order valence-electron chi connectivity index (χ0n) is 17.3. The van der Waals surface area contributed by atoms with E-state index < -0.39 is 11.6 Å². The number of hydrogen-bond donors (Lipinski definition) is 1. The summed E-state index contributed by atoms with van der Waals surface area (Å²) in [5.41, 5.74) is 1.82. The zero-order chi connectivity index (χ0) is 21.3. The lowest BCUT2D eigenvalue weighted by atomic mass is 10.1. The van der Waals surface area contributed by atoms with Gasteiger partial charge in [-0.2, -0.15) is 0 Å². The van der Waals surface area contributed by atoms with Crippen LogP contribution in [0.5, 0.6) is 0 Å². The van der Waals surface area contributed by atoms with Crippen molar-refractivity contribution in [1.29, 1.82) is 0 Å². The van der Waals surface area contributed by atoms with E-state index in [-0.39, 0.29) is 12.0 Å². The maximum atomic E-state index is 12.7. The molecule has 1 atom stereocenters. The van der Waals surface area contributed by atoms with Crippen LogP contribution in [0.3, 0.4) is 0 Å². The second kappa shape index (κ2) is 7.78. The van der Waals surface area contributed by atoms with Gasteiger partial charge >= 0.3 is 12.0 Å². The third-order valence-electron chi connectivity index (χ3n) is 4.89. The summed E-state index contributed by atoms with van der Waals surface area (Å²) in [5, 5.41) is 2.83. The van der Waals surface area contributed by atoms with Crippen LogP contribution in [0.4, 0.5) is 10.5 Å². The van der Waals surface area contributed by atoms with Crippen LogP contribution >= 0.6 is 0 Å². The van der Waals surface area contributed by atoms with Gasteiger partial charge in [-0.1, -0.05) is 12.1 Å².